The first-order valence-electron chi connectivity index (χ1n) is 3.32. The molecule has 1 rings (SSSR count). The molecule has 13 heavy (non-hydrogen) atoms. The van der Waals surface area contributed by atoms with Crippen molar-refractivity contribution in [2.75, 3.05) is 0 Å². The molecule has 1 aromatic carbocycles. The van der Waals surface area contributed by atoms with E-state index in [1.165, 1.54) is 0 Å². The van der Waals surface area contributed by atoms with Crippen molar-refractivity contribution < 1.29 is 9.53 Å². The molecule has 0 spiro atoms. The molecule has 0 aliphatic heterocycles. The molecule has 0 unspecified atom stereocenters. The van der Waals surface area contributed by atoms with Crippen molar-refractivity contribution in [3.05, 3.63) is 29.8 Å². The number of hydrogen-bond donors (Lipinski definition) is 0. The molecule has 0 atom stereocenters. The van der Waals surface area contributed by atoms with E-state index in [4.69, 9.17) is 39.5 Å². The van der Waals surface area contributed by atoms with Gasteiger partial charge in [-0.05, 0) is 59.1 Å². The largest absolute Gasteiger partial charge is 0.446 e. The lowest BCUT2D eigenvalue weighted by atomic mass is 10.2. The molecule has 0 aliphatic rings. The van der Waals surface area contributed by atoms with E-state index in [2.05, 4.69) is 0 Å². The van der Waals surface area contributed by atoms with E-state index in [1.807, 2.05) is 0 Å². The van der Waals surface area contributed by atoms with E-state index in [-0.39, 0.29) is 0 Å². The molecule has 0 saturated heterocycles. The van der Waals surface area contributed by atoms with E-state index >= 15 is 0 Å². The SMILES string of the molecule is O=Cc1ccc(OC(Cl)(Cl)Cl)cc1. The van der Waals surface area contributed by atoms with Gasteiger partial charge in [-0.25, -0.2) is 0 Å². The summed E-state index contributed by atoms with van der Waals surface area (Å²) >= 11 is 16.1. The highest BCUT2D eigenvalue weighted by atomic mass is 35.6. The summed E-state index contributed by atoms with van der Waals surface area (Å²) in [7, 11) is 0. The van der Waals surface area contributed by atoms with Gasteiger partial charge in [0.1, 0.15) is 12.0 Å². The van der Waals surface area contributed by atoms with Crippen LogP contribution in [0.25, 0.3) is 0 Å². The summed E-state index contributed by atoms with van der Waals surface area (Å²) < 4.78 is 3.11. The standard InChI is InChI=1S/C8H5Cl3O2/c9-8(10,11)13-7-3-1-6(5-12)2-4-7/h1-5H. The highest BCUT2D eigenvalue weighted by molar-refractivity contribution is 6.66. The van der Waals surface area contributed by atoms with Gasteiger partial charge in [0.2, 0.25) is 0 Å². The highest BCUT2D eigenvalue weighted by Crippen LogP contribution is 2.29. The summed E-state index contributed by atoms with van der Waals surface area (Å²) in [5.41, 5.74) is 0.539. The Hall–Kier alpha value is -0.440. The molecule has 0 aliphatic carbocycles. The first-order chi connectivity index (χ1) is 6.01. The summed E-state index contributed by atoms with van der Waals surface area (Å²) in [5, 5.41) is 0. The molecule has 70 valence electrons. The van der Waals surface area contributed by atoms with Gasteiger partial charge in [-0.1, -0.05) is 0 Å². The van der Waals surface area contributed by atoms with Crippen molar-refractivity contribution in [3.8, 4) is 5.75 Å². The van der Waals surface area contributed by atoms with Gasteiger partial charge in [0.15, 0.2) is 0 Å². The smallest absolute Gasteiger partial charge is 0.338 e. The summed E-state index contributed by atoms with van der Waals surface area (Å²) in [6.07, 6.45) is 0.721. The number of alkyl halides is 3. The second-order valence-electron chi connectivity index (χ2n) is 2.23. The average Bonchev–Trinajstić information content (AvgIpc) is 2.03. The Labute approximate surface area is 90.3 Å². The van der Waals surface area contributed by atoms with E-state index < -0.39 is 3.98 Å². The Morgan fingerprint density at radius 1 is 1.15 bits per heavy atom. The minimum absolute atomic E-state index is 0.394. The minimum atomic E-state index is -1.78. The van der Waals surface area contributed by atoms with Crippen LogP contribution in [0.2, 0.25) is 0 Å². The minimum Gasteiger partial charge on any atom is -0.446 e. The molecule has 0 N–H and O–H groups in total. The zero-order valence-electron chi connectivity index (χ0n) is 6.34. The summed E-state index contributed by atoms with van der Waals surface area (Å²) in [5.74, 6) is 0.394. The fraction of sp³-hybridized carbons (Fsp3) is 0.125. The Balaban J connectivity index is 2.75. The Kier molecular flexibility index (Phi) is 3.42. The summed E-state index contributed by atoms with van der Waals surface area (Å²) in [6, 6.07) is 6.23. The van der Waals surface area contributed by atoms with Gasteiger partial charge >= 0.3 is 3.98 Å². The number of halogens is 3. The van der Waals surface area contributed by atoms with Gasteiger partial charge in [0, 0.05) is 5.56 Å². The van der Waals surface area contributed by atoms with Gasteiger partial charge < -0.3 is 4.74 Å². The molecule has 0 bridgehead atoms. The number of benzene rings is 1. The van der Waals surface area contributed by atoms with Crippen molar-refractivity contribution in [2.24, 2.45) is 0 Å². The van der Waals surface area contributed by atoms with Gasteiger partial charge in [-0.2, -0.15) is 0 Å². The lowest BCUT2D eigenvalue weighted by Crippen LogP contribution is -2.12. The molecule has 0 fully saturated rings. The third-order valence-electron chi connectivity index (χ3n) is 1.25. The summed E-state index contributed by atoms with van der Waals surface area (Å²) in [6.45, 7) is 0. The molecular weight excluding hydrogens is 234 g/mol. The zero-order chi connectivity index (χ0) is 9.90. The quantitative estimate of drug-likeness (QED) is 0.585. The van der Waals surface area contributed by atoms with E-state index in [0.717, 1.165) is 6.29 Å². The lowest BCUT2D eigenvalue weighted by molar-refractivity contribution is 0.112. The Morgan fingerprint density at radius 2 is 1.69 bits per heavy atom. The molecule has 5 heteroatoms. The third kappa shape index (κ3) is 3.85. The lowest BCUT2D eigenvalue weighted by Gasteiger charge is -2.13. The molecule has 0 radical (unpaired) electrons. The second kappa shape index (κ2) is 4.18. The van der Waals surface area contributed by atoms with Crippen molar-refractivity contribution >= 4 is 41.1 Å². The monoisotopic (exact) mass is 238 g/mol. The first-order valence-corrected chi connectivity index (χ1v) is 4.45. The fourth-order valence-corrected chi connectivity index (χ4v) is 1.02. The van der Waals surface area contributed by atoms with Crippen molar-refractivity contribution in [1.82, 2.24) is 0 Å². The fourth-order valence-electron chi connectivity index (χ4n) is 0.748. The van der Waals surface area contributed by atoms with Crippen molar-refractivity contribution in [1.29, 1.82) is 0 Å². The predicted molar refractivity (Wildman–Crippen MR) is 52.7 cm³/mol. The maximum atomic E-state index is 10.3. The van der Waals surface area contributed by atoms with Crippen LogP contribution in [0.1, 0.15) is 10.4 Å². The van der Waals surface area contributed by atoms with Gasteiger partial charge in [-0.3, -0.25) is 4.79 Å². The van der Waals surface area contributed by atoms with E-state index in [0.29, 0.717) is 11.3 Å². The van der Waals surface area contributed by atoms with Gasteiger partial charge in [0.05, 0.1) is 0 Å². The molecule has 0 aromatic heterocycles. The maximum absolute atomic E-state index is 10.3. The number of hydrogen-bond acceptors (Lipinski definition) is 2. The molecule has 0 heterocycles. The number of ether oxygens (including phenoxy) is 1. The first kappa shape index (κ1) is 10.6. The van der Waals surface area contributed by atoms with Crippen LogP contribution >= 0.6 is 34.8 Å². The topological polar surface area (TPSA) is 26.3 Å². The Morgan fingerprint density at radius 3 is 2.08 bits per heavy atom. The van der Waals surface area contributed by atoms with Crippen LogP contribution in [0, 0.1) is 0 Å². The molecule has 1 aromatic rings. The molecule has 2 nitrogen and oxygen atoms in total. The van der Waals surface area contributed by atoms with E-state index in [9.17, 15) is 4.79 Å². The van der Waals surface area contributed by atoms with Gasteiger partial charge in [-0.15, -0.1) is 0 Å². The number of carbonyl (C=O) groups excluding carboxylic acids is 1. The second-order valence-corrected chi connectivity index (χ2v) is 4.41. The third-order valence-corrected chi connectivity index (χ3v) is 1.48. The number of rotatable bonds is 2. The maximum Gasteiger partial charge on any atom is 0.338 e. The van der Waals surface area contributed by atoms with Crippen LogP contribution in [0.3, 0.4) is 0 Å². The normalized spacial score (nSPS) is 11.0. The van der Waals surface area contributed by atoms with Crippen LogP contribution in [0.4, 0.5) is 0 Å². The predicted octanol–water partition coefficient (Wildman–Crippen LogP) is 3.21. The molecule has 0 saturated carbocycles. The van der Waals surface area contributed by atoms with Crippen LogP contribution in [0.5, 0.6) is 5.75 Å². The molecule has 0 amide bonds. The van der Waals surface area contributed by atoms with Crippen molar-refractivity contribution in [3.63, 3.8) is 0 Å². The van der Waals surface area contributed by atoms with E-state index in [1.54, 1.807) is 24.3 Å². The van der Waals surface area contributed by atoms with Crippen LogP contribution < -0.4 is 4.74 Å². The highest BCUT2D eigenvalue weighted by Gasteiger charge is 2.21. The zero-order valence-corrected chi connectivity index (χ0v) is 8.60. The number of carbonyl (C=O) groups is 1. The van der Waals surface area contributed by atoms with Gasteiger partial charge in [0.25, 0.3) is 0 Å². The Bertz CT molecular complexity index is 289. The summed E-state index contributed by atoms with van der Waals surface area (Å²) in [4.78, 5) is 10.3. The average molecular weight is 239 g/mol. The van der Waals surface area contributed by atoms with Crippen molar-refractivity contribution in [2.45, 2.75) is 3.98 Å². The number of aldehydes is 1. The van der Waals surface area contributed by atoms with Crippen LogP contribution in [-0.4, -0.2) is 10.3 Å². The van der Waals surface area contributed by atoms with Crippen LogP contribution in [0.15, 0.2) is 24.3 Å². The molecular formula is C8H5Cl3O2. The van der Waals surface area contributed by atoms with Crippen LogP contribution in [-0.2, 0) is 0 Å².